The number of carbonyl (C=O) groups excluding carboxylic acids is 2. The van der Waals surface area contributed by atoms with Crippen molar-refractivity contribution in [3.8, 4) is 0 Å². The highest BCUT2D eigenvalue weighted by molar-refractivity contribution is 6.04. The molecule has 0 aromatic rings. The summed E-state index contributed by atoms with van der Waals surface area (Å²) < 4.78 is 5.70. The van der Waals surface area contributed by atoms with E-state index in [1.807, 2.05) is 13.8 Å². The Morgan fingerprint density at radius 3 is 2.45 bits per heavy atom. The smallest absolute Gasteiger partial charge is 0.303 e. The molecule has 0 bridgehead atoms. The van der Waals surface area contributed by atoms with Crippen LogP contribution in [0, 0.1) is 29.1 Å². The Bertz CT molecular complexity index is 857. The zero-order chi connectivity index (χ0) is 21.7. The molecule has 0 unspecified atom stereocenters. The predicted octanol–water partition coefficient (Wildman–Crippen LogP) is 0.501. The van der Waals surface area contributed by atoms with Crippen molar-refractivity contribution in [3.63, 3.8) is 0 Å². The summed E-state index contributed by atoms with van der Waals surface area (Å²) in [6, 6.07) is 0. The molecule has 0 aliphatic heterocycles. The van der Waals surface area contributed by atoms with Crippen molar-refractivity contribution in [1.82, 2.24) is 0 Å². The van der Waals surface area contributed by atoms with Gasteiger partial charge in [-0.15, -0.1) is 0 Å². The Morgan fingerprint density at radius 2 is 1.90 bits per heavy atom. The van der Waals surface area contributed by atoms with Crippen LogP contribution >= 0.6 is 0 Å². The van der Waals surface area contributed by atoms with Gasteiger partial charge in [-0.25, -0.2) is 0 Å². The first-order valence-corrected chi connectivity index (χ1v) is 10.2. The molecule has 7 nitrogen and oxygen atoms in total. The molecule has 2 saturated carbocycles. The fourth-order valence-electron chi connectivity index (χ4n) is 6.91. The molecule has 0 radical (unpaired) electrons. The van der Waals surface area contributed by atoms with Gasteiger partial charge in [0.25, 0.3) is 0 Å². The summed E-state index contributed by atoms with van der Waals surface area (Å²) in [5.74, 6) is -3.77. The molecule has 4 N–H and O–H groups in total. The number of aliphatic hydroxyl groups is 4. The molecule has 0 aromatic carbocycles. The summed E-state index contributed by atoms with van der Waals surface area (Å²) in [4.78, 5) is 24.7. The van der Waals surface area contributed by atoms with Gasteiger partial charge in [0.2, 0.25) is 0 Å². The SMILES string of the molecule is CC(=O)O[C@@]12[C@H](O)[C@@H](C)[C@]3(O)[C@@H](C=C(CO)C[C@]4(O)C(=O)C(C)=C[C@@H]34)[C@@H]1C2(C)C. The summed E-state index contributed by atoms with van der Waals surface area (Å²) in [6.45, 7) is 7.96. The highest BCUT2D eigenvalue weighted by Gasteiger charge is 2.86. The van der Waals surface area contributed by atoms with Crippen LogP contribution in [0.25, 0.3) is 0 Å². The van der Waals surface area contributed by atoms with E-state index in [1.165, 1.54) is 6.92 Å². The van der Waals surface area contributed by atoms with Crippen LogP contribution in [0.15, 0.2) is 23.3 Å². The standard InChI is InChI=1S/C22H30O7/c1-10-6-15-20(27,17(10)25)8-13(9-23)7-14-16-19(4,5)22(16,29-12(3)24)18(26)11(2)21(14,15)28/h6-7,11,14-16,18,23,26-28H,8-9H2,1-5H3/t11-,14+,15-,16-,18-,20-,21+,22-/m1/s1. The third-order valence-corrected chi connectivity index (χ3v) is 8.31. The van der Waals surface area contributed by atoms with Crippen LogP contribution in [0.4, 0.5) is 0 Å². The van der Waals surface area contributed by atoms with Crippen LogP contribution in [0.5, 0.6) is 0 Å². The van der Waals surface area contributed by atoms with E-state index < -0.39 is 63.7 Å². The van der Waals surface area contributed by atoms with E-state index in [9.17, 15) is 30.0 Å². The van der Waals surface area contributed by atoms with Gasteiger partial charge < -0.3 is 25.2 Å². The van der Waals surface area contributed by atoms with Crippen molar-refractivity contribution in [2.45, 2.75) is 63.9 Å². The number of esters is 1. The summed E-state index contributed by atoms with van der Waals surface area (Å²) in [6.07, 6.45) is 2.06. The number of fused-ring (bicyclic) bond motifs is 5. The lowest BCUT2D eigenvalue weighted by Gasteiger charge is -2.52. The van der Waals surface area contributed by atoms with E-state index in [1.54, 1.807) is 26.0 Å². The van der Waals surface area contributed by atoms with E-state index in [0.717, 1.165) is 0 Å². The average molecular weight is 406 g/mol. The molecular weight excluding hydrogens is 376 g/mol. The Balaban J connectivity index is 1.94. The fourth-order valence-corrected chi connectivity index (χ4v) is 6.91. The van der Waals surface area contributed by atoms with Gasteiger partial charge in [0.15, 0.2) is 5.78 Å². The molecule has 4 rings (SSSR count). The second-order valence-electron chi connectivity index (χ2n) is 9.97. The largest absolute Gasteiger partial charge is 0.456 e. The third-order valence-electron chi connectivity index (χ3n) is 8.31. The molecule has 8 atom stereocenters. The van der Waals surface area contributed by atoms with E-state index in [0.29, 0.717) is 11.1 Å². The van der Waals surface area contributed by atoms with Crippen molar-refractivity contribution in [2.75, 3.05) is 6.61 Å². The number of rotatable bonds is 2. The molecule has 4 aliphatic carbocycles. The third kappa shape index (κ3) is 2.17. The highest BCUT2D eigenvalue weighted by atomic mass is 16.6. The van der Waals surface area contributed by atoms with E-state index in [4.69, 9.17) is 4.74 Å². The van der Waals surface area contributed by atoms with Gasteiger partial charge >= 0.3 is 5.97 Å². The van der Waals surface area contributed by atoms with Crippen LogP contribution < -0.4 is 0 Å². The number of ether oxygens (including phenoxy) is 1. The van der Waals surface area contributed by atoms with Crippen molar-refractivity contribution < 1.29 is 34.8 Å². The average Bonchev–Trinajstić information content (AvgIpc) is 3.06. The molecule has 29 heavy (non-hydrogen) atoms. The van der Waals surface area contributed by atoms with Gasteiger partial charge in [0.05, 0.1) is 18.3 Å². The topological polar surface area (TPSA) is 124 Å². The summed E-state index contributed by atoms with van der Waals surface area (Å²) in [5.41, 5.74) is -4.52. The first kappa shape index (κ1) is 20.7. The molecule has 7 heteroatoms. The number of hydrogen-bond acceptors (Lipinski definition) is 7. The molecule has 0 heterocycles. The summed E-state index contributed by atoms with van der Waals surface area (Å²) >= 11 is 0. The quantitative estimate of drug-likeness (QED) is 0.389. The molecule has 0 saturated heterocycles. The van der Waals surface area contributed by atoms with Gasteiger partial charge in [0.1, 0.15) is 11.2 Å². The summed E-state index contributed by atoms with van der Waals surface area (Å²) in [5, 5.41) is 44.7. The Morgan fingerprint density at radius 1 is 1.28 bits per heavy atom. The van der Waals surface area contributed by atoms with Gasteiger partial charge in [-0.05, 0) is 18.1 Å². The number of ketones is 1. The Labute approximate surface area is 170 Å². The monoisotopic (exact) mass is 406 g/mol. The van der Waals surface area contributed by atoms with Crippen LogP contribution in [-0.4, -0.2) is 61.7 Å². The Hall–Kier alpha value is -1.54. The number of carbonyl (C=O) groups is 2. The van der Waals surface area contributed by atoms with Crippen molar-refractivity contribution >= 4 is 11.8 Å². The maximum Gasteiger partial charge on any atom is 0.303 e. The molecule has 0 spiro atoms. The zero-order valence-electron chi connectivity index (χ0n) is 17.5. The molecule has 160 valence electrons. The zero-order valence-corrected chi connectivity index (χ0v) is 17.5. The second kappa shape index (κ2) is 5.78. The van der Waals surface area contributed by atoms with Crippen molar-refractivity contribution in [3.05, 3.63) is 23.3 Å². The lowest BCUT2D eigenvalue weighted by atomic mass is 9.59. The molecule has 2 fully saturated rings. The normalized spacial score (nSPS) is 49.8. The first-order chi connectivity index (χ1) is 13.3. The second-order valence-corrected chi connectivity index (χ2v) is 9.97. The van der Waals surface area contributed by atoms with Gasteiger partial charge in [-0.1, -0.05) is 32.9 Å². The minimum absolute atomic E-state index is 0.0871. The molecule has 0 aromatic heterocycles. The maximum atomic E-state index is 12.8. The Kier molecular flexibility index (Phi) is 4.13. The number of hydrogen-bond donors (Lipinski definition) is 4. The minimum Gasteiger partial charge on any atom is -0.456 e. The van der Waals surface area contributed by atoms with E-state index in [2.05, 4.69) is 0 Å². The van der Waals surface area contributed by atoms with Gasteiger partial charge in [-0.3, -0.25) is 9.59 Å². The number of Topliss-reactive ketones (excluding diaryl/α,β-unsaturated/α-hetero) is 1. The highest BCUT2D eigenvalue weighted by Crippen LogP contribution is 2.76. The number of aliphatic hydroxyl groups excluding tert-OH is 2. The predicted molar refractivity (Wildman–Crippen MR) is 102 cm³/mol. The van der Waals surface area contributed by atoms with E-state index in [-0.39, 0.29) is 13.0 Å². The van der Waals surface area contributed by atoms with Crippen LogP contribution in [0.3, 0.4) is 0 Å². The van der Waals surface area contributed by atoms with Crippen molar-refractivity contribution in [2.24, 2.45) is 29.1 Å². The molecular formula is C22H30O7. The lowest BCUT2D eigenvalue weighted by Crippen LogP contribution is -2.65. The van der Waals surface area contributed by atoms with Crippen LogP contribution in [-0.2, 0) is 14.3 Å². The van der Waals surface area contributed by atoms with Crippen LogP contribution in [0.1, 0.15) is 41.0 Å². The maximum absolute atomic E-state index is 12.8. The minimum atomic E-state index is -1.88. The lowest BCUT2D eigenvalue weighted by molar-refractivity contribution is -0.218. The fraction of sp³-hybridized carbons (Fsp3) is 0.727. The van der Waals surface area contributed by atoms with Crippen molar-refractivity contribution in [1.29, 1.82) is 0 Å². The molecule has 0 amide bonds. The van der Waals surface area contributed by atoms with Crippen LogP contribution in [0.2, 0.25) is 0 Å². The van der Waals surface area contributed by atoms with E-state index >= 15 is 0 Å². The first-order valence-electron chi connectivity index (χ1n) is 10.2. The van der Waals surface area contributed by atoms with Gasteiger partial charge in [-0.2, -0.15) is 0 Å². The van der Waals surface area contributed by atoms with Gasteiger partial charge in [0, 0.05) is 42.4 Å². The molecule has 4 aliphatic rings. The summed E-state index contributed by atoms with van der Waals surface area (Å²) in [7, 11) is 0.